The molecule has 0 radical (unpaired) electrons. The Hall–Kier alpha value is -1.76. The van der Waals surface area contributed by atoms with Gasteiger partial charge in [-0.25, -0.2) is 0 Å². The highest BCUT2D eigenvalue weighted by molar-refractivity contribution is 8.02. The molecule has 1 aliphatic heterocycles. The molecule has 1 fully saturated rings. The number of thioether (sulfide) groups is 2. The average molecular weight is 424 g/mol. The molecule has 0 saturated carbocycles. The number of ether oxygens (including phenoxy) is 1. The van der Waals surface area contributed by atoms with Gasteiger partial charge in [-0.05, 0) is 36.9 Å². The fourth-order valence-electron chi connectivity index (χ4n) is 2.62. The molecule has 2 rings (SSSR count). The Balaban J connectivity index is 2.18. The molecule has 8 nitrogen and oxygen atoms in total. The van der Waals surface area contributed by atoms with Gasteiger partial charge in [-0.15, -0.1) is 11.8 Å². The summed E-state index contributed by atoms with van der Waals surface area (Å²) in [4.78, 5) is 0.769. The van der Waals surface area contributed by atoms with Crippen LogP contribution < -0.4 is 5.32 Å². The number of allylic oxidation sites excluding steroid dienone is 1. The van der Waals surface area contributed by atoms with Gasteiger partial charge in [0, 0.05) is 10.6 Å². The molecule has 1 heterocycles. The van der Waals surface area contributed by atoms with Crippen LogP contribution in [-0.4, -0.2) is 63.1 Å². The summed E-state index contributed by atoms with van der Waals surface area (Å²) < 4.78 is 5.52. The van der Waals surface area contributed by atoms with Crippen molar-refractivity contribution >= 4 is 29.2 Å². The highest BCUT2D eigenvalue weighted by atomic mass is 32.2. The number of rotatable bonds is 6. The van der Waals surface area contributed by atoms with Crippen LogP contribution in [0, 0.1) is 29.6 Å². The highest BCUT2D eigenvalue weighted by Gasteiger charge is 2.43. The molecule has 0 aliphatic carbocycles. The van der Waals surface area contributed by atoms with Crippen LogP contribution in [0.25, 0.3) is 0 Å². The van der Waals surface area contributed by atoms with Gasteiger partial charge >= 0.3 is 0 Å². The van der Waals surface area contributed by atoms with E-state index in [1.807, 2.05) is 25.1 Å². The van der Waals surface area contributed by atoms with Crippen molar-refractivity contribution in [1.29, 1.82) is 10.5 Å². The van der Waals surface area contributed by atoms with E-state index >= 15 is 0 Å². The summed E-state index contributed by atoms with van der Waals surface area (Å²) in [6.07, 6.45) is -3.33. The van der Waals surface area contributed by atoms with E-state index in [0.717, 1.165) is 10.5 Å². The van der Waals surface area contributed by atoms with Gasteiger partial charge in [0.15, 0.2) is 5.57 Å². The zero-order chi connectivity index (χ0) is 20.8. The van der Waals surface area contributed by atoms with Crippen molar-refractivity contribution in [2.24, 2.45) is 0 Å². The Morgan fingerprint density at radius 1 is 1.18 bits per heavy atom. The van der Waals surface area contributed by atoms with Gasteiger partial charge in [0.1, 0.15) is 47.0 Å². The number of nitrogens with zero attached hydrogens (tertiary/aromatic N) is 2. The number of nitriles is 2. The molecule has 0 spiro atoms. The first-order valence-electron chi connectivity index (χ1n) is 8.29. The molecule has 10 heteroatoms. The summed E-state index contributed by atoms with van der Waals surface area (Å²) in [7, 11) is 0. The lowest BCUT2D eigenvalue weighted by Crippen LogP contribution is -2.57. The minimum absolute atomic E-state index is 0.00933. The molecule has 1 aromatic carbocycles. The summed E-state index contributed by atoms with van der Waals surface area (Å²) in [6.45, 7) is 1.36. The van der Waals surface area contributed by atoms with Crippen LogP contribution in [-0.2, 0) is 4.74 Å². The summed E-state index contributed by atoms with van der Waals surface area (Å²) in [5.41, 5.74) is 0.647. The average Bonchev–Trinajstić information content (AvgIpc) is 2.70. The maximum Gasteiger partial charge on any atom is 0.159 e. The van der Waals surface area contributed by atoms with Crippen LogP contribution in [0.4, 0.5) is 5.69 Å². The van der Waals surface area contributed by atoms with E-state index in [-0.39, 0.29) is 5.57 Å². The Bertz CT molecular complexity index is 802. The molecule has 150 valence electrons. The molecule has 1 saturated heterocycles. The number of anilines is 1. The maximum absolute atomic E-state index is 10.2. The number of aliphatic hydroxyl groups is 4. The van der Waals surface area contributed by atoms with E-state index in [2.05, 4.69) is 5.32 Å². The Morgan fingerprint density at radius 3 is 2.39 bits per heavy atom. The molecular formula is C18H21N3O5S2. The van der Waals surface area contributed by atoms with Crippen molar-refractivity contribution in [3.8, 4) is 12.1 Å². The van der Waals surface area contributed by atoms with Gasteiger partial charge in [0.25, 0.3) is 0 Å². The third-order valence-electron chi connectivity index (χ3n) is 4.18. The molecule has 5 unspecified atom stereocenters. The van der Waals surface area contributed by atoms with Crippen molar-refractivity contribution in [3.63, 3.8) is 0 Å². The minimum Gasteiger partial charge on any atom is -0.394 e. The molecule has 1 aliphatic rings. The fourth-order valence-corrected chi connectivity index (χ4v) is 4.28. The summed E-state index contributed by atoms with van der Waals surface area (Å²) in [5.74, 6) is 0. The number of hydrogen-bond acceptors (Lipinski definition) is 10. The van der Waals surface area contributed by atoms with Gasteiger partial charge in [0.2, 0.25) is 0 Å². The predicted octanol–water partition coefficient (Wildman–Crippen LogP) is 0.921. The first kappa shape index (κ1) is 22.5. The molecule has 0 amide bonds. The Morgan fingerprint density at radius 2 is 1.86 bits per heavy atom. The quantitative estimate of drug-likeness (QED) is 0.418. The third kappa shape index (κ3) is 4.99. The molecule has 5 atom stereocenters. The zero-order valence-corrected chi connectivity index (χ0v) is 16.9. The van der Waals surface area contributed by atoms with Crippen molar-refractivity contribution in [1.82, 2.24) is 0 Å². The molecule has 0 bridgehead atoms. The van der Waals surface area contributed by atoms with Gasteiger partial charge in [-0.1, -0.05) is 11.8 Å². The van der Waals surface area contributed by atoms with Crippen LogP contribution in [0.15, 0.2) is 33.7 Å². The van der Waals surface area contributed by atoms with Crippen molar-refractivity contribution in [2.75, 3.05) is 18.2 Å². The van der Waals surface area contributed by atoms with Gasteiger partial charge in [-0.3, -0.25) is 0 Å². The monoisotopic (exact) mass is 423 g/mol. The number of hydrogen-bond donors (Lipinski definition) is 5. The van der Waals surface area contributed by atoms with Crippen molar-refractivity contribution in [3.05, 3.63) is 34.4 Å². The SMILES string of the molecule is CSC(Nc1ccc(SC2OC(CO)C(O)C(O)C2O)c(C)c1)=C(C#N)C#N. The summed E-state index contributed by atoms with van der Waals surface area (Å²) in [5, 5.41) is 60.7. The van der Waals surface area contributed by atoms with E-state index < -0.39 is 36.5 Å². The number of aliphatic hydroxyl groups excluding tert-OH is 4. The Kier molecular flexibility index (Phi) is 8.16. The number of benzene rings is 1. The summed E-state index contributed by atoms with van der Waals surface area (Å²) >= 11 is 2.42. The van der Waals surface area contributed by atoms with Crippen LogP contribution in [0.1, 0.15) is 5.56 Å². The van der Waals surface area contributed by atoms with Crippen molar-refractivity contribution < 1.29 is 25.2 Å². The zero-order valence-electron chi connectivity index (χ0n) is 15.2. The van der Waals surface area contributed by atoms with Crippen molar-refractivity contribution in [2.45, 2.75) is 41.7 Å². The van der Waals surface area contributed by atoms with Crippen LogP contribution >= 0.6 is 23.5 Å². The lowest BCUT2D eigenvalue weighted by Gasteiger charge is -2.39. The maximum atomic E-state index is 10.2. The normalized spacial score (nSPS) is 26.8. The second-order valence-electron chi connectivity index (χ2n) is 6.05. The van der Waals surface area contributed by atoms with E-state index in [1.54, 1.807) is 18.4 Å². The molecule has 5 N–H and O–H groups in total. The second kappa shape index (κ2) is 10.1. The lowest BCUT2D eigenvalue weighted by molar-refractivity contribution is -0.205. The topological polar surface area (TPSA) is 150 Å². The van der Waals surface area contributed by atoms with Gasteiger partial charge in [0.05, 0.1) is 6.61 Å². The van der Waals surface area contributed by atoms with E-state index in [4.69, 9.17) is 15.3 Å². The largest absolute Gasteiger partial charge is 0.394 e. The van der Waals surface area contributed by atoms with E-state index in [1.165, 1.54) is 23.5 Å². The molecule has 0 aromatic heterocycles. The minimum atomic E-state index is -1.42. The number of aryl methyl sites for hydroxylation is 1. The molecule has 28 heavy (non-hydrogen) atoms. The summed E-state index contributed by atoms with van der Waals surface area (Å²) in [6, 6.07) is 9.04. The first-order chi connectivity index (χ1) is 13.4. The number of nitrogens with one attached hydrogen (secondary N) is 1. The predicted molar refractivity (Wildman–Crippen MR) is 106 cm³/mol. The van der Waals surface area contributed by atoms with Crippen LogP contribution in [0.5, 0.6) is 0 Å². The standard InChI is InChI=1S/C18H21N3O5S2/c1-9-5-11(21-17(27-2)10(6-19)7-20)3-4-13(9)28-18-16(25)15(24)14(23)12(8-22)26-18/h3-5,12,14-16,18,21-25H,8H2,1-2H3. The van der Waals surface area contributed by atoms with Crippen LogP contribution in [0.2, 0.25) is 0 Å². The van der Waals surface area contributed by atoms with Gasteiger partial charge < -0.3 is 30.5 Å². The van der Waals surface area contributed by atoms with Gasteiger partial charge in [-0.2, -0.15) is 10.5 Å². The fraction of sp³-hybridized carbons (Fsp3) is 0.444. The highest BCUT2D eigenvalue weighted by Crippen LogP contribution is 2.36. The third-order valence-corrected chi connectivity index (χ3v) is 6.23. The lowest BCUT2D eigenvalue weighted by atomic mass is 10.0. The van der Waals surface area contributed by atoms with E-state index in [9.17, 15) is 20.4 Å². The molecule has 1 aromatic rings. The Labute approximate surface area is 171 Å². The second-order valence-corrected chi connectivity index (χ2v) is 8.01. The molecular weight excluding hydrogens is 402 g/mol. The van der Waals surface area contributed by atoms with Crippen LogP contribution in [0.3, 0.4) is 0 Å². The van der Waals surface area contributed by atoms with E-state index in [0.29, 0.717) is 10.7 Å². The smallest absolute Gasteiger partial charge is 0.159 e. The first-order valence-corrected chi connectivity index (χ1v) is 10.4.